The first kappa shape index (κ1) is 14.7. The van der Waals surface area contributed by atoms with E-state index in [9.17, 15) is 4.21 Å². The third kappa shape index (κ3) is 2.51. The third-order valence-corrected chi connectivity index (χ3v) is 5.45. The standard InChI is InChI=1S/C20H15NO2S/c21-19-17-12-11-16(23-15-9-5-2-6-10-15)13-18(17)24(22)20(19)14-7-3-1-4-8-14/h1-13H,21H2. The van der Waals surface area contributed by atoms with E-state index >= 15 is 0 Å². The molecule has 0 saturated heterocycles. The molecule has 0 aliphatic carbocycles. The van der Waals surface area contributed by atoms with Crippen LogP contribution >= 0.6 is 0 Å². The molecule has 3 aromatic rings. The molecule has 118 valence electrons. The molecule has 4 rings (SSSR count). The number of rotatable bonds is 3. The van der Waals surface area contributed by atoms with Crippen LogP contribution in [-0.2, 0) is 10.8 Å². The van der Waals surface area contributed by atoms with Gasteiger partial charge in [0.25, 0.3) is 0 Å². The fourth-order valence-electron chi connectivity index (χ4n) is 2.75. The minimum absolute atomic E-state index is 0.570. The molecule has 1 aliphatic heterocycles. The Morgan fingerprint density at radius 3 is 2.17 bits per heavy atom. The second-order valence-corrected chi connectivity index (χ2v) is 6.84. The van der Waals surface area contributed by atoms with E-state index in [0.717, 1.165) is 16.9 Å². The highest BCUT2D eigenvalue weighted by molar-refractivity contribution is 7.95. The van der Waals surface area contributed by atoms with Crippen LogP contribution in [0, 0.1) is 0 Å². The van der Waals surface area contributed by atoms with Gasteiger partial charge in [-0.15, -0.1) is 0 Å². The molecule has 0 aromatic heterocycles. The van der Waals surface area contributed by atoms with Crippen LogP contribution in [0.2, 0.25) is 0 Å². The maximum absolute atomic E-state index is 12.9. The molecule has 0 radical (unpaired) electrons. The molecule has 2 N–H and O–H groups in total. The lowest BCUT2D eigenvalue weighted by molar-refractivity contribution is 0.481. The van der Waals surface area contributed by atoms with Crippen LogP contribution in [-0.4, -0.2) is 4.21 Å². The zero-order valence-electron chi connectivity index (χ0n) is 12.8. The van der Waals surface area contributed by atoms with Gasteiger partial charge in [-0.2, -0.15) is 0 Å². The van der Waals surface area contributed by atoms with E-state index in [2.05, 4.69) is 0 Å². The first-order valence-corrected chi connectivity index (χ1v) is 8.73. The highest BCUT2D eigenvalue weighted by Crippen LogP contribution is 2.41. The van der Waals surface area contributed by atoms with Gasteiger partial charge >= 0.3 is 0 Å². The molecule has 0 spiro atoms. The number of nitrogens with two attached hydrogens (primary N) is 1. The van der Waals surface area contributed by atoms with Gasteiger partial charge in [-0.3, -0.25) is 0 Å². The second kappa shape index (κ2) is 5.98. The quantitative estimate of drug-likeness (QED) is 0.773. The molecule has 4 heteroatoms. The second-order valence-electron chi connectivity index (χ2n) is 5.45. The Hall–Kier alpha value is -2.85. The normalized spacial score (nSPS) is 16.1. The predicted octanol–water partition coefficient (Wildman–Crippen LogP) is 4.38. The Balaban J connectivity index is 1.71. The first-order valence-electron chi connectivity index (χ1n) is 7.58. The summed E-state index contributed by atoms with van der Waals surface area (Å²) in [6.45, 7) is 0. The lowest BCUT2D eigenvalue weighted by Crippen LogP contribution is -1.96. The van der Waals surface area contributed by atoms with Gasteiger partial charge in [-0.25, -0.2) is 4.21 Å². The number of para-hydroxylation sites is 1. The van der Waals surface area contributed by atoms with Crippen LogP contribution in [0.15, 0.2) is 83.8 Å². The first-order chi connectivity index (χ1) is 11.7. The summed E-state index contributed by atoms with van der Waals surface area (Å²) >= 11 is 0. The SMILES string of the molecule is NC1=C(c2ccccc2)S(=O)c2cc(Oc3ccccc3)ccc21. The summed E-state index contributed by atoms with van der Waals surface area (Å²) in [6.07, 6.45) is 0. The molecule has 0 amide bonds. The number of fused-ring (bicyclic) bond motifs is 1. The summed E-state index contributed by atoms with van der Waals surface area (Å²) in [4.78, 5) is 1.36. The summed E-state index contributed by atoms with van der Waals surface area (Å²) < 4.78 is 18.8. The summed E-state index contributed by atoms with van der Waals surface area (Å²) in [5.74, 6) is 1.39. The van der Waals surface area contributed by atoms with Crippen molar-refractivity contribution in [2.45, 2.75) is 4.90 Å². The maximum atomic E-state index is 12.9. The molecule has 3 nitrogen and oxygen atoms in total. The van der Waals surface area contributed by atoms with E-state index in [4.69, 9.17) is 10.5 Å². The van der Waals surface area contributed by atoms with Gasteiger partial charge in [0, 0.05) is 5.56 Å². The maximum Gasteiger partial charge on any atom is 0.128 e. The fraction of sp³-hybridized carbons (Fsp3) is 0. The van der Waals surface area contributed by atoms with Gasteiger partial charge in [0.15, 0.2) is 0 Å². The van der Waals surface area contributed by atoms with Crippen LogP contribution < -0.4 is 10.5 Å². The molecular weight excluding hydrogens is 318 g/mol. The number of benzene rings is 3. The summed E-state index contributed by atoms with van der Waals surface area (Å²) in [5.41, 5.74) is 8.53. The molecule has 1 atom stereocenters. The van der Waals surface area contributed by atoms with Crippen molar-refractivity contribution >= 4 is 21.4 Å². The average molecular weight is 333 g/mol. The van der Waals surface area contributed by atoms with Gasteiger partial charge in [-0.05, 0) is 35.9 Å². The topological polar surface area (TPSA) is 52.3 Å². The van der Waals surface area contributed by atoms with E-state index in [0.29, 0.717) is 21.2 Å². The van der Waals surface area contributed by atoms with Crippen LogP contribution in [0.1, 0.15) is 11.1 Å². The predicted molar refractivity (Wildman–Crippen MR) is 96.8 cm³/mol. The average Bonchev–Trinajstić information content (AvgIpc) is 2.87. The molecule has 0 fully saturated rings. The monoisotopic (exact) mass is 333 g/mol. The van der Waals surface area contributed by atoms with E-state index in [1.807, 2.05) is 72.8 Å². The molecule has 1 aliphatic rings. The summed E-state index contributed by atoms with van der Waals surface area (Å²) in [6, 6.07) is 24.7. The minimum atomic E-state index is -1.31. The van der Waals surface area contributed by atoms with Crippen LogP contribution in [0.5, 0.6) is 11.5 Å². The highest BCUT2D eigenvalue weighted by atomic mass is 32.2. The van der Waals surface area contributed by atoms with Gasteiger partial charge < -0.3 is 10.5 Å². The van der Waals surface area contributed by atoms with Crippen molar-refractivity contribution in [3.63, 3.8) is 0 Å². The summed E-state index contributed by atoms with van der Waals surface area (Å²) in [5, 5.41) is 0. The largest absolute Gasteiger partial charge is 0.457 e. The van der Waals surface area contributed by atoms with Crippen molar-refractivity contribution in [3.05, 3.63) is 90.0 Å². The lowest BCUT2D eigenvalue weighted by Gasteiger charge is -2.07. The van der Waals surface area contributed by atoms with E-state index in [1.54, 1.807) is 6.07 Å². The molecule has 0 bridgehead atoms. The Morgan fingerprint density at radius 1 is 0.792 bits per heavy atom. The third-order valence-electron chi connectivity index (χ3n) is 3.89. The molecule has 24 heavy (non-hydrogen) atoms. The Morgan fingerprint density at radius 2 is 1.46 bits per heavy atom. The van der Waals surface area contributed by atoms with Gasteiger partial charge in [0.1, 0.15) is 11.5 Å². The Labute approximate surface area is 142 Å². The number of hydrogen-bond donors (Lipinski definition) is 1. The molecule has 0 saturated carbocycles. The van der Waals surface area contributed by atoms with Crippen LogP contribution in [0.4, 0.5) is 0 Å². The smallest absolute Gasteiger partial charge is 0.128 e. The van der Waals surface area contributed by atoms with Gasteiger partial charge in [0.05, 0.1) is 26.3 Å². The number of ether oxygens (including phenoxy) is 1. The fourth-order valence-corrected chi connectivity index (χ4v) is 4.23. The van der Waals surface area contributed by atoms with Crippen LogP contribution in [0.25, 0.3) is 10.6 Å². The molecule has 1 unspecified atom stereocenters. The van der Waals surface area contributed by atoms with Crippen molar-refractivity contribution in [2.24, 2.45) is 5.73 Å². The zero-order valence-corrected chi connectivity index (χ0v) is 13.6. The van der Waals surface area contributed by atoms with E-state index < -0.39 is 10.8 Å². The van der Waals surface area contributed by atoms with Crippen molar-refractivity contribution in [3.8, 4) is 11.5 Å². The van der Waals surface area contributed by atoms with Gasteiger partial charge in [0.2, 0.25) is 0 Å². The lowest BCUT2D eigenvalue weighted by atomic mass is 10.1. The van der Waals surface area contributed by atoms with E-state index in [1.165, 1.54) is 0 Å². The van der Waals surface area contributed by atoms with Crippen molar-refractivity contribution in [1.29, 1.82) is 0 Å². The highest BCUT2D eigenvalue weighted by Gasteiger charge is 2.28. The molecule has 3 aromatic carbocycles. The summed E-state index contributed by atoms with van der Waals surface area (Å²) in [7, 11) is -1.31. The molecular formula is C20H15NO2S. The Bertz CT molecular complexity index is 950. The van der Waals surface area contributed by atoms with Crippen molar-refractivity contribution in [1.82, 2.24) is 0 Å². The van der Waals surface area contributed by atoms with Gasteiger partial charge in [-0.1, -0.05) is 48.5 Å². The van der Waals surface area contributed by atoms with E-state index in [-0.39, 0.29) is 0 Å². The Kier molecular flexibility index (Phi) is 3.67. The minimum Gasteiger partial charge on any atom is -0.457 e. The van der Waals surface area contributed by atoms with Crippen LogP contribution in [0.3, 0.4) is 0 Å². The zero-order chi connectivity index (χ0) is 16.5. The molecule has 1 heterocycles. The van der Waals surface area contributed by atoms with Crippen molar-refractivity contribution < 1.29 is 8.95 Å². The number of hydrogen-bond acceptors (Lipinski definition) is 3. The van der Waals surface area contributed by atoms with Crippen molar-refractivity contribution in [2.75, 3.05) is 0 Å².